The highest BCUT2D eigenvalue weighted by molar-refractivity contribution is 7.99. The first-order valence-corrected chi connectivity index (χ1v) is 7.94. The molecule has 2 rings (SSSR count). The fourth-order valence-electron chi connectivity index (χ4n) is 2.50. The summed E-state index contributed by atoms with van der Waals surface area (Å²) in [5.41, 5.74) is -2.55. The number of thioether (sulfide) groups is 1. The Morgan fingerprint density at radius 3 is 2.64 bits per heavy atom. The van der Waals surface area contributed by atoms with Gasteiger partial charge in [-0.2, -0.15) is 30.0 Å². The molecule has 2 heterocycles. The lowest BCUT2D eigenvalue weighted by molar-refractivity contribution is -0.152. The number of hydrogen-bond donors (Lipinski definition) is 1. The number of aromatic nitrogens is 2. The number of carbonyl (C=O) groups excluding carboxylic acids is 1. The molecule has 0 radical (unpaired) electrons. The number of rotatable bonds is 3. The second-order valence-corrected chi connectivity index (χ2v) is 6.70. The summed E-state index contributed by atoms with van der Waals surface area (Å²) in [4.78, 5) is 13.5. The van der Waals surface area contributed by atoms with Crippen LogP contribution < -0.4 is 0 Å². The van der Waals surface area contributed by atoms with Gasteiger partial charge in [0.1, 0.15) is 5.60 Å². The van der Waals surface area contributed by atoms with Crippen molar-refractivity contribution in [2.45, 2.75) is 31.2 Å². The highest BCUT2D eigenvalue weighted by Crippen LogP contribution is 2.32. The lowest BCUT2D eigenvalue weighted by Gasteiger charge is -2.34. The molecule has 1 aliphatic rings. The number of likely N-dealkylation sites (N-methyl/N-ethyl adjacent to an activating group) is 1. The van der Waals surface area contributed by atoms with E-state index < -0.39 is 23.4 Å². The molecule has 1 saturated heterocycles. The van der Waals surface area contributed by atoms with Crippen molar-refractivity contribution >= 4 is 17.7 Å². The van der Waals surface area contributed by atoms with E-state index in [0.29, 0.717) is 24.3 Å². The molecule has 0 unspecified atom stereocenters. The van der Waals surface area contributed by atoms with Crippen molar-refractivity contribution < 1.29 is 23.1 Å². The smallest absolute Gasteiger partial charge is 0.380 e. The number of aliphatic hydroxyl groups is 1. The Balaban J connectivity index is 2.15. The van der Waals surface area contributed by atoms with Gasteiger partial charge < -0.3 is 10.0 Å². The molecule has 9 heteroatoms. The van der Waals surface area contributed by atoms with Crippen molar-refractivity contribution in [1.82, 2.24) is 14.7 Å². The topological polar surface area (TPSA) is 58.4 Å². The first-order chi connectivity index (χ1) is 10.1. The first kappa shape index (κ1) is 17.1. The number of hydrogen-bond acceptors (Lipinski definition) is 4. The second kappa shape index (κ2) is 6.11. The maximum Gasteiger partial charge on any atom is 0.435 e. The highest BCUT2D eigenvalue weighted by atomic mass is 32.2. The van der Waals surface area contributed by atoms with Crippen LogP contribution in [0.5, 0.6) is 0 Å². The lowest BCUT2D eigenvalue weighted by atomic mass is 9.95. The van der Waals surface area contributed by atoms with Crippen LogP contribution in [0.3, 0.4) is 0 Å². The van der Waals surface area contributed by atoms with Gasteiger partial charge in [-0.1, -0.05) is 0 Å². The molecule has 5 nitrogen and oxygen atoms in total. The van der Waals surface area contributed by atoms with Crippen molar-refractivity contribution in [1.29, 1.82) is 0 Å². The van der Waals surface area contributed by atoms with Crippen molar-refractivity contribution in [3.05, 3.63) is 17.5 Å². The monoisotopic (exact) mass is 337 g/mol. The SMILES string of the molecule is CN(Cc1cn(C)nc1C(F)(F)F)C(=O)C1(O)CCSCC1. The second-order valence-electron chi connectivity index (χ2n) is 5.48. The van der Waals surface area contributed by atoms with Gasteiger partial charge in [0.2, 0.25) is 0 Å². The fraction of sp³-hybridized carbons (Fsp3) is 0.692. The minimum atomic E-state index is -4.57. The Labute approximate surface area is 130 Å². The minimum absolute atomic E-state index is 0.0837. The number of halogens is 3. The summed E-state index contributed by atoms with van der Waals surface area (Å²) in [6, 6.07) is 0. The van der Waals surface area contributed by atoms with Crippen LogP contribution in [-0.2, 0) is 24.6 Å². The number of alkyl halides is 3. The molecule has 0 aromatic carbocycles. The summed E-state index contributed by atoms with van der Waals surface area (Å²) >= 11 is 1.65. The Morgan fingerprint density at radius 1 is 1.50 bits per heavy atom. The maximum atomic E-state index is 12.9. The summed E-state index contributed by atoms with van der Waals surface area (Å²) < 4.78 is 39.8. The molecular formula is C13H18F3N3O2S. The molecule has 1 aromatic rings. The molecule has 124 valence electrons. The average Bonchev–Trinajstić information content (AvgIpc) is 2.79. The van der Waals surface area contributed by atoms with E-state index in [0.717, 1.165) is 9.58 Å². The van der Waals surface area contributed by atoms with E-state index in [9.17, 15) is 23.1 Å². The quantitative estimate of drug-likeness (QED) is 0.911. The zero-order valence-electron chi connectivity index (χ0n) is 12.4. The fourth-order valence-corrected chi connectivity index (χ4v) is 3.67. The van der Waals surface area contributed by atoms with Gasteiger partial charge in [-0.15, -0.1) is 0 Å². The Bertz CT molecular complexity index is 553. The third-order valence-electron chi connectivity index (χ3n) is 3.65. The Kier molecular flexibility index (Phi) is 4.76. The van der Waals surface area contributed by atoms with E-state index in [4.69, 9.17) is 0 Å². The molecule has 0 saturated carbocycles. The van der Waals surface area contributed by atoms with E-state index in [2.05, 4.69) is 5.10 Å². The van der Waals surface area contributed by atoms with E-state index in [1.54, 1.807) is 11.8 Å². The Morgan fingerprint density at radius 2 is 2.09 bits per heavy atom. The lowest BCUT2D eigenvalue weighted by Crippen LogP contribution is -2.49. The van der Waals surface area contributed by atoms with Gasteiger partial charge in [0.25, 0.3) is 5.91 Å². The molecule has 1 amide bonds. The third-order valence-corrected chi connectivity index (χ3v) is 4.63. The van der Waals surface area contributed by atoms with Gasteiger partial charge >= 0.3 is 6.18 Å². The van der Waals surface area contributed by atoms with E-state index in [1.165, 1.54) is 20.3 Å². The molecule has 0 bridgehead atoms. The molecule has 1 N–H and O–H groups in total. The van der Waals surface area contributed by atoms with Gasteiger partial charge in [0.05, 0.1) is 0 Å². The van der Waals surface area contributed by atoms with Gasteiger partial charge in [-0.3, -0.25) is 9.48 Å². The summed E-state index contributed by atoms with van der Waals surface area (Å²) in [6.07, 6.45) is -2.69. The van der Waals surface area contributed by atoms with Crippen LogP contribution in [0.25, 0.3) is 0 Å². The van der Waals surface area contributed by atoms with Crippen molar-refractivity contribution in [3.8, 4) is 0 Å². The van der Waals surface area contributed by atoms with Crippen LogP contribution in [0.2, 0.25) is 0 Å². The van der Waals surface area contributed by atoms with E-state index in [-0.39, 0.29) is 12.1 Å². The number of carbonyl (C=O) groups is 1. The molecule has 0 aliphatic carbocycles. The van der Waals surface area contributed by atoms with Gasteiger partial charge in [-0.25, -0.2) is 0 Å². The summed E-state index contributed by atoms with van der Waals surface area (Å²) in [5, 5.41) is 13.8. The number of nitrogens with zero attached hydrogens (tertiary/aromatic N) is 3. The average molecular weight is 337 g/mol. The van der Waals surface area contributed by atoms with Gasteiger partial charge in [0, 0.05) is 32.4 Å². The minimum Gasteiger partial charge on any atom is -0.380 e. The standard InChI is InChI=1S/C13H18F3N3O2S/c1-18(11(20)12(21)3-5-22-6-4-12)7-9-8-19(2)17-10(9)13(14,15)16/h8,21H,3-7H2,1-2H3. The van der Waals surface area contributed by atoms with Gasteiger partial charge in [0.15, 0.2) is 5.69 Å². The van der Waals surface area contributed by atoms with Crippen LogP contribution in [0.15, 0.2) is 6.20 Å². The predicted octanol–water partition coefficient (Wildman–Crippen LogP) is 1.66. The van der Waals surface area contributed by atoms with Crippen LogP contribution in [0.1, 0.15) is 24.1 Å². The number of amides is 1. The summed E-state index contributed by atoms with van der Waals surface area (Å²) in [6.45, 7) is -0.239. The molecule has 1 fully saturated rings. The molecule has 1 aromatic heterocycles. The zero-order chi connectivity index (χ0) is 16.5. The van der Waals surface area contributed by atoms with Crippen LogP contribution in [-0.4, -0.2) is 49.8 Å². The molecule has 0 spiro atoms. The van der Waals surface area contributed by atoms with Gasteiger partial charge in [-0.05, 0) is 24.3 Å². The normalized spacial score (nSPS) is 18.3. The first-order valence-electron chi connectivity index (χ1n) is 6.79. The molecule has 22 heavy (non-hydrogen) atoms. The molecule has 1 aliphatic heterocycles. The third kappa shape index (κ3) is 3.57. The summed E-state index contributed by atoms with van der Waals surface area (Å²) in [7, 11) is 2.79. The van der Waals surface area contributed by atoms with Crippen molar-refractivity contribution in [2.24, 2.45) is 7.05 Å². The summed E-state index contributed by atoms with van der Waals surface area (Å²) in [5.74, 6) is 0.790. The van der Waals surface area contributed by atoms with Crippen LogP contribution in [0, 0.1) is 0 Å². The predicted molar refractivity (Wildman–Crippen MR) is 76.2 cm³/mol. The van der Waals surface area contributed by atoms with Crippen LogP contribution >= 0.6 is 11.8 Å². The van der Waals surface area contributed by atoms with E-state index >= 15 is 0 Å². The van der Waals surface area contributed by atoms with E-state index in [1.807, 2.05) is 0 Å². The van der Waals surface area contributed by atoms with Crippen molar-refractivity contribution in [3.63, 3.8) is 0 Å². The van der Waals surface area contributed by atoms with Crippen molar-refractivity contribution in [2.75, 3.05) is 18.6 Å². The zero-order valence-corrected chi connectivity index (χ0v) is 13.2. The molecule has 0 atom stereocenters. The van der Waals surface area contributed by atoms with Crippen LogP contribution in [0.4, 0.5) is 13.2 Å². The molecular weight excluding hydrogens is 319 g/mol. The highest BCUT2D eigenvalue weighted by Gasteiger charge is 2.41. The Hall–Kier alpha value is -1.22. The number of aryl methyl sites for hydroxylation is 1. The largest absolute Gasteiger partial charge is 0.435 e. The maximum absolute atomic E-state index is 12.9.